The number of H-pyrrole nitrogens is 1. The number of hydrogen-bond donors (Lipinski definition) is 2. The second kappa shape index (κ2) is 9.64. The lowest BCUT2D eigenvalue weighted by atomic mass is 10.1. The lowest BCUT2D eigenvalue weighted by molar-refractivity contribution is -0.117. The first kappa shape index (κ1) is 23.4. The van der Waals surface area contributed by atoms with Crippen LogP contribution in [0.15, 0.2) is 46.0 Å². The first-order chi connectivity index (χ1) is 16.3. The van der Waals surface area contributed by atoms with Gasteiger partial charge in [-0.1, -0.05) is 12.1 Å². The minimum Gasteiger partial charge on any atom is -0.336 e. The number of carbonyl (C=O) groups excluding carboxylic acids is 2. The van der Waals surface area contributed by atoms with E-state index in [0.717, 1.165) is 16.8 Å². The van der Waals surface area contributed by atoms with E-state index in [9.17, 15) is 19.2 Å². The van der Waals surface area contributed by atoms with E-state index in [-0.39, 0.29) is 18.4 Å². The maximum absolute atomic E-state index is 13.1. The van der Waals surface area contributed by atoms with Gasteiger partial charge in [-0.2, -0.15) is 0 Å². The Balaban J connectivity index is 1.39. The van der Waals surface area contributed by atoms with Crippen molar-refractivity contribution in [2.45, 2.75) is 27.3 Å². The van der Waals surface area contributed by atoms with E-state index in [1.54, 1.807) is 30.0 Å². The number of hydrogen-bond acceptors (Lipinski definition) is 5. The molecule has 0 unspecified atom stereocenters. The van der Waals surface area contributed by atoms with Crippen molar-refractivity contribution in [3.63, 3.8) is 0 Å². The number of piperazine rings is 1. The Hall–Kier alpha value is -3.72. The van der Waals surface area contributed by atoms with Crippen molar-refractivity contribution in [1.82, 2.24) is 19.4 Å². The molecule has 1 aromatic heterocycles. The number of nitrogens with one attached hydrogen (secondary N) is 2. The van der Waals surface area contributed by atoms with E-state index in [1.165, 1.54) is 4.57 Å². The van der Waals surface area contributed by atoms with Gasteiger partial charge in [-0.05, 0) is 56.2 Å². The van der Waals surface area contributed by atoms with Crippen LogP contribution in [0.1, 0.15) is 28.4 Å². The summed E-state index contributed by atoms with van der Waals surface area (Å²) in [6.45, 7) is 8.60. The summed E-state index contributed by atoms with van der Waals surface area (Å²) < 4.78 is 1.39. The van der Waals surface area contributed by atoms with E-state index >= 15 is 0 Å². The quantitative estimate of drug-likeness (QED) is 0.561. The molecular formula is C25H29N5O4. The Labute approximate surface area is 197 Å². The van der Waals surface area contributed by atoms with Crippen LogP contribution in [0.5, 0.6) is 0 Å². The fourth-order valence-corrected chi connectivity index (χ4v) is 4.30. The zero-order valence-corrected chi connectivity index (χ0v) is 19.7. The first-order valence-corrected chi connectivity index (χ1v) is 11.4. The predicted molar refractivity (Wildman–Crippen MR) is 131 cm³/mol. The van der Waals surface area contributed by atoms with Gasteiger partial charge in [-0.3, -0.25) is 24.1 Å². The van der Waals surface area contributed by atoms with Crippen molar-refractivity contribution in [1.29, 1.82) is 0 Å². The van der Waals surface area contributed by atoms with Crippen LogP contribution in [0.2, 0.25) is 0 Å². The molecule has 0 saturated carbocycles. The van der Waals surface area contributed by atoms with Gasteiger partial charge < -0.3 is 19.8 Å². The molecule has 2 N–H and O–H groups in total. The normalized spacial score (nSPS) is 14.4. The highest BCUT2D eigenvalue weighted by molar-refractivity contribution is 5.97. The molecule has 3 aromatic rings. The monoisotopic (exact) mass is 463 g/mol. The SMILES string of the molecule is CCn1c(=O)c(=O)[nH]c2cc(C(=O)N3CCN(CC(=O)Nc4cccc(C)c4C)CC3)ccc21. The first-order valence-electron chi connectivity index (χ1n) is 11.4. The van der Waals surface area contributed by atoms with Gasteiger partial charge in [-0.15, -0.1) is 0 Å². The number of aromatic nitrogens is 2. The number of rotatable bonds is 5. The number of aromatic amines is 1. The van der Waals surface area contributed by atoms with Gasteiger partial charge in [0.1, 0.15) is 0 Å². The molecule has 0 atom stereocenters. The number of nitrogens with zero attached hydrogens (tertiary/aromatic N) is 3. The Morgan fingerprint density at radius 1 is 1.03 bits per heavy atom. The Kier molecular flexibility index (Phi) is 6.65. The van der Waals surface area contributed by atoms with E-state index in [4.69, 9.17) is 0 Å². The zero-order chi connectivity index (χ0) is 24.4. The summed E-state index contributed by atoms with van der Waals surface area (Å²) in [5, 5.41) is 2.98. The van der Waals surface area contributed by atoms with Crippen molar-refractivity contribution in [3.05, 3.63) is 73.8 Å². The average Bonchev–Trinajstić information content (AvgIpc) is 2.82. The van der Waals surface area contributed by atoms with Crippen molar-refractivity contribution in [2.75, 3.05) is 38.0 Å². The molecule has 0 spiro atoms. The van der Waals surface area contributed by atoms with Crippen molar-refractivity contribution in [3.8, 4) is 0 Å². The van der Waals surface area contributed by atoms with Crippen molar-refractivity contribution >= 4 is 28.5 Å². The van der Waals surface area contributed by atoms with Crippen LogP contribution in [0.3, 0.4) is 0 Å². The van der Waals surface area contributed by atoms with E-state index in [2.05, 4.69) is 10.3 Å². The minimum atomic E-state index is -0.702. The maximum atomic E-state index is 13.1. The molecule has 9 heteroatoms. The van der Waals surface area contributed by atoms with Gasteiger partial charge >= 0.3 is 11.1 Å². The van der Waals surface area contributed by atoms with Gasteiger partial charge in [0, 0.05) is 44.0 Å². The topological polar surface area (TPSA) is 108 Å². The highest BCUT2D eigenvalue weighted by atomic mass is 16.2. The highest BCUT2D eigenvalue weighted by Crippen LogP contribution is 2.18. The van der Waals surface area contributed by atoms with Crippen LogP contribution in [0.4, 0.5) is 5.69 Å². The van der Waals surface area contributed by atoms with Gasteiger partial charge in [-0.25, -0.2) is 0 Å². The van der Waals surface area contributed by atoms with Crippen LogP contribution in [-0.4, -0.2) is 63.9 Å². The highest BCUT2D eigenvalue weighted by Gasteiger charge is 2.24. The molecule has 2 amide bonds. The molecule has 4 rings (SSSR count). The molecule has 0 bridgehead atoms. The molecule has 178 valence electrons. The van der Waals surface area contributed by atoms with E-state index in [1.807, 2.05) is 36.9 Å². The fraction of sp³-hybridized carbons (Fsp3) is 0.360. The molecule has 1 aliphatic heterocycles. The Bertz CT molecular complexity index is 1370. The number of benzene rings is 2. The predicted octanol–water partition coefficient (Wildman–Crippen LogP) is 1.72. The molecule has 0 radical (unpaired) electrons. The standard InChI is InChI=1S/C25H29N5O4/c1-4-30-21-9-8-18(14-20(21)27-23(32)25(30)34)24(33)29-12-10-28(11-13-29)15-22(31)26-19-7-5-6-16(2)17(19)3/h5-9,14H,4,10-13,15H2,1-3H3,(H,26,31)(H,27,32). The average molecular weight is 464 g/mol. The Morgan fingerprint density at radius 2 is 1.76 bits per heavy atom. The Morgan fingerprint density at radius 3 is 2.47 bits per heavy atom. The number of carbonyl (C=O) groups is 2. The zero-order valence-electron chi connectivity index (χ0n) is 19.7. The molecule has 2 heterocycles. The molecule has 2 aromatic carbocycles. The summed E-state index contributed by atoms with van der Waals surface area (Å²) in [6, 6.07) is 10.8. The third kappa shape index (κ3) is 4.65. The third-order valence-electron chi connectivity index (χ3n) is 6.44. The largest absolute Gasteiger partial charge is 0.336 e. The van der Waals surface area contributed by atoms with Crippen LogP contribution < -0.4 is 16.4 Å². The number of amides is 2. The second-order valence-corrected chi connectivity index (χ2v) is 8.60. The van der Waals surface area contributed by atoms with Gasteiger partial charge in [0.2, 0.25) is 5.91 Å². The summed E-state index contributed by atoms with van der Waals surface area (Å²) in [6.07, 6.45) is 0. The molecule has 1 aliphatic rings. The number of anilines is 1. The second-order valence-electron chi connectivity index (χ2n) is 8.60. The summed E-state index contributed by atoms with van der Waals surface area (Å²) in [5.74, 6) is -0.217. The molecule has 34 heavy (non-hydrogen) atoms. The summed E-state index contributed by atoms with van der Waals surface area (Å²) >= 11 is 0. The number of aryl methyl sites for hydroxylation is 2. The van der Waals surface area contributed by atoms with Crippen LogP contribution in [0, 0.1) is 13.8 Å². The molecule has 9 nitrogen and oxygen atoms in total. The molecule has 1 fully saturated rings. The van der Waals surface area contributed by atoms with Crippen molar-refractivity contribution in [2.24, 2.45) is 0 Å². The van der Waals surface area contributed by atoms with Gasteiger partial charge in [0.25, 0.3) is 5.91 Å². The minimum absolute atomic E-state index is 0.0751. The van der Waals surface area contributed by atoms with Crippen molar-refractivity contribution < 1.29 is 9.59 Å². The van der Waals surface area contributed by atoms with Gasteiger partial charge in [0.05, 0.1) is 17.6 Å². The lowest BCUT2D eigenvalue weighted by Crippen LogP contribution is -2.50. The van der Waals surface area contributed by atoms with Crippen LogP contribution in [-0.2, 0) is 11.3 Å². The van der Waals surface area contributed by atoms with Crippen LogP contribution in [0.25, 0.3) is 11.0 Å². The molecular weight excluding hydrogens is 434 g/mol. The fourth-order valence-electron chi connectivity index (χ4n) is 4.30. The third-order valence-corrected chi connectivity index (χ3v) is 6.44. The summed E-state index contributed by atoms with van der Waals surface area (Å²) in [4.78, 5) is 55.9. The van der Waals surface area contributed by atoms with Crippen LogP contribution >= 0.6 is 0 Å². The van der Waals surface area contributed by atoms with Gasteiger partial charge in [0.15, 0.2) is 0 Å². The summed E-state index contributed by atoms with van der Waals surface area (Å²) in [7, 11) is 0. The number of fused-ring (bicyclic) bond motifs is 1. The lowest BCUT2D eigenvalue weighted by Gasteiger charge is -2.34. The smallest absolute Gasteiger partial charge is 0.316 e. The molecule has 1 saturated heterocycles. The van der Waals surface area contributed by atoms with E-state index in [0.29, 0.717) is 49.3 Å². The summed E-state index contributed by atoms with van der Waals surface area (Å²) in [5.41, 5.74) is 3.19. The molecule has 0 aliphatic carbocycles. The maximum Gasteiger partial charge on any atom is 0.316 e. The van der Waals surface area contributed by atoms with E-state index < -0.39 is 11.1 Å².